The molecule has 0 aliphatic heterocycles. The summed E-state index contributed by atoms with van der Waals surface area (Å²) in [6, 6.07) is 10.1. The molecule has 0 saturated heterocycles. The minimum Gasteiger partial charge on any atom is -0.385 e. The molecule has 0 amide bonds. The lowest BCUT2D eigenvalue weighted by Gasteiger charge is -2.42. The van der Waals surface area contributed by atoms with Gasteiger partial charge in [0.25, 0.3) is 0 Å². The van der Waals surface area contributed by atoms with Crippen LogP contribution >= 0.6 is 11.6 Å². The highest BCUT2D eigenvalue weighted by atomic mass is 35.5. The number of aliphatic hydroxyl groups is 1. The van der Waals surface area contributed by atoms with E-state index in [1.54, 1.807) is 0 Å². The normalized spacial score (nSPS) is 30.8. The second-order valence-electron chi connectivity index (χ2n) is 6.34. The van der Waals surface area contributed by atoms with Crippen LogP contribution in [0.15, 0.2) is 30.3 Å². The zero-order chi connectivity index (χ0) is 13.9. The van der Waals surface area contributed by atoms with Gasteiger partial charge in [0, 0.05) is 5.88 Å². The second kappa shape index (κ2) is 6.28. The van der Waals surface area contributed by atoms with Crippen molar-refractivity contribution in [3.05, 3.63) is 35.9 Å². The fourth-order valence-corrected chi connectivity index (χ4v) is 4.08. The van der Waals surface area contributed by atoms with E-state index in [2.05, 4.69) is 13.8 Å². The van der Waals surface area contributed by atoms with E-state index in [0.29, 0.717) is 30.1 Å². The molecule has 106 valence electrons. The summed E-state index contributed by atoms with van der Waals surface area (Å²) >= 11 is 5.97. The Hall–Kier alpha value is -0.530. The van der Waals surface area contributed by atoms with Crippen LogP contribution in [0.4, 0.5) is 0 Å². The molecule has 1 fully saturated rings. The summed E-state index contributed by atoms with van der Waals surface area (Å²) in [5.74, 6) is 2.22. The van der Waals surface area contributed by atoms with Crippen LogP contribution in [0.2, 0.25) is 0 Å². The van der Waals surface area contributed by atoms with Gasteiger partial charge in [-0.3, -0.25) is 0 Å². The lowest BCUT2D eigenvalue weighted by molar-refractivity contribution is -0.0567. The zero-order valence-electron chi connectivity index (χ0n) is 12.0. The van der Waals surface area contributed by atoms with E-state index in [4.69, 9.17) is 11.6 Å². The van der Waals surface area contributed by atoms with Crippen molar-refractivity contribution < 1.29 is 5.11 Å². The first-order valence-corrected chi connectivity index (χ1v) is 7.93. The van der Waals surface area contributed by atoms with Crippen LogP contribution in [0.1, 0.15) is 45.1 Å². The van der Waals surface area contributed by atoms with Gasteiger partial charge < -0.3 is 5.11 Å². The highest BCUT2D eigenvalue weighted by Crippen LogP contribution is 2.45. The Kier molecular flexibility index (Phi) is 4.92. The van der Waals surface area contributed by atoms with Crippen LogP contribution in [0.5, 0.6) is 0 Å². The maximum atomic E-state index is 11.3. The average molecular weight is 281 g/mol. The summed E-state index contributed by atoms with van der Waals surface area (Å²) in [4.78, 5) is 0. The molecular weight excluding hydrogens is 256 g/mol. The van der Waals surface area contributed by atoms with Gasteiger partial charge in [-0.1, -0.05) is 44.2 Å². The fraction of sp³-hybridized carbons (Fsp3) is 0.647. The van der Waals surface area contributed by atoms with Gasteiger partial charge >= 0.3 is 0 Å². The first-order valence-electron chi connectivity index (χ1n) is 7.40. The zero-order valence-corrected chi connectivity index (χ0v) is 12.7. The van der Waals surface area contributed by atoms with E-state index in [9.17, 15) is 5.11 Å². The van der Waals surface area contributed by atoms with Crippen LogP contribution in [-0.4, -0.2) is 11.0 Å². The van der Waals surface area contributed by atoms with Crippen molar-refractivity contribution >= 4 is 11.6 Å². The largest absolute Gasteiger partial charge is 0.385 e. The molecule has 2 heteroatoms. The van der Waals surface area contributed by atoms with Crippen LogP contribution in [0, 0.1) is 17.8 Å². The Morgan fingerprint density at radius 1 is 1.11 bits per heavy atom. The first-order chi connectivity index (χ1) is 9.06. The van der Waals surface area contributed by atoms with Crippen molar-refractivity contribution in [3.8, 4) is 0 Å². The molecular formula is C17H25ClO. The van der Waals surface area contributed by atoms with Crippen molar-refractivity contribution in [2.45, 2.75) is 45.1 Å². The molecule has 1 nitrogen and oxygen atoms in total. The highest BCUT2D eigenvalue weighted by Gasteiger charge is 2.41. The van der Waals surface area contributed by atoms with Crippen LogP contribution in [-0.2, 0) is 5.60 Å². The summed E-state index contributed by atoms with van der Waals surface area (Å²) in [6.07, 6.45) is 4.13. The number of alkyl halides is 1. The monoisotopic (exact) mass is 280 g/mol. The minimum atomic E-state index is -0.758. The van der Waals surface area contributed by atoms with E-state index in [-0.39, 0.29) is 0 Å². The van der Waals surface area contributed by atoms with Gasteiger partial charge in [0.2, 0.25) is 0 Å². The third-order valence-corrected chi connectivity index (χ3v) is 4.79. The average Bonchev–Trinajstić information content (AvgIpc) is 2.39. The molecule has 0 aromatic heterocycles. The third kappa shape index (κ3) is 3.32. The molecule has 2 rings (SSSR count). The fourth-order valence-electron chi connectivity index (χ4n) is 3.79. The van der Waals surface area contributed by atoms with E-state index < -0.39 is 5.60 Å². The Labute approximate surface area is 122 Å². The lowest BCUT2D eigenvalue weighted by atomic mass is 9.66. The molecule has 1 aromatic rings. The van der Waals surface area contributed by atoms with Gasteiger partial charge in [-0.05, 0) is 49.0 Å². The molecule has 1 aromatic carbocycles. The molecule has 3 unspecified atom stereocenters. The first kappa shape index (κ1) is 14.9. The van der Waals surface area contributed by atoms with Gasteiger partial charge in [-0.25, -0.2) is 0 Å². The number of benzene rings is 1. The molecule has 1 N–H and O–H groups in total. The van der Waals surface area contributed by atoms with Gasteiger partial charge in [0.15, 0.2) is 0 Å². The number of hydrogen-bond donors (Lipinski definition) is 1. The van der Waals surface area contributed by atoms with Crippen LogP contribution in [0.3, 0.4) is 0 Å². The van der Waals surface area contributed by atoms with Crippen molar-refractivity contribution in [2.75, 3.05) is 5.88 Å². The van der Waals surface area contributed by atoms with Crippen molar-refractivity contribution in [2.24, 2.45) is 17.8 Å². The summed E-state index contributed by atoms with van der Waals surface area (Å²) in [5, 5.41) is 11.3. The van der Waals surface area contributed by atoms with Crippen LogP contribution < -0.4 is 0 Å². The SMILES string of the molecule is CC1CC(C)CC(C(O)(CCCl)c2ccccc2)C1. The Morgan fingerprint density at radius 3 is 2.21 bits per heavy atom. The van der Waals surface area contributed by atoms with Crippen molar-refractivity contribution in [1.82, 2.24) is 0 Å². The molecule has 0 bridgehead atoms. The maximum Gasteiger partial charge on any atom is 0.0936 e. The van der Waals surface area contributed by atoms with Crippen molar-refractivity contribution in [1.29, 1.82) is 0 Å². The van der Waals surface area contributed by atoms with E-state index in [1.807, 2.05) is 30.3 Å². The van der Waals surface area contributed by atoms with E-state index >= 15 is 0 Å². The standard InChI is InChI=1S/C17H25ClO/c1-13-10-14(2)12-16(11-13)17(19,8-9-18)15-6-4-3-5-7-15/h3-7,13-14,16,19H,8-12H2,1-2H3. The summed E-state index contributed by atoms with van der Waals surface area (Å²) < 4.78 is 0. The van der Waals surface area contributed by atoms with E-state index in [0.717, 1.165) is 18.4 Å². The second-order valence-corrected chi connectivity index (χ2v) is 6.72. The topological polar surface area (TPSA) is 20.2 Å². The molecule has 3 atom stereocenters. The number of rotatable bonds is 4. The van der Waals surface area contributed by atoms with Gasteiger partial charge in [0.1, 0.15) is 0 Å². The predicted octanol–water partition coefficient (Wildman–Crippen LogP) is 4.58. The summed E-state index contributed by atoms with van der Waals surface area (Å²) in [6.45, 7) is 4.60. The van der Waals surface area contributed by atoms with Crippen molar-refractivity contribution in [3.63, 3.8) is 0 Å². The van der Waals surface area contributed by atoms with E-state index in [1.165, 1.54) is 6.42 Å². The molecule has 1 aliphatic rings. The summed E-state index contributed by atoms with van der Waals surface area (Å²) in [5.41, 5.74) is 0.272. The Morgan fingerprint density at radius 2 is 1.68 bits per heavy atom. The summed E-state index contributed by atoms with van der Waals surface area (Å²) in [7, 11) is 0. The molecule has 0 radical (unpaired) electrons. The van der Waals surface area contributed by atoms with Crippen LogP contribution in [0.25, 0.3) is 0 Å². The van der Waals surface area contributed by atoms with Gasteiger partial charge in [-0.15, -0.1) is 11.6 Å². The Bertz CT molecular complexity index is 382. The predicted molar refractivity (Wildman–Crippen MR) is 81.3 cm³/mol. The lowest BCUT2D eigenvalue weighted by Crippen LogP contribution is -2.40. The van der Waals surface area contributed by atoms with Gasteiger partial charge in [-0.2, -0.15) is 0 Å². The number of halogens is 1. The smallest absolute Gasteiger partial charge is 0.0936 e. The third-order valence-electron chi connectivity index (χ3n) is 4.60. The number of hydrogen-bond acceptors (Lipinski definition) is 1. The molecule has 19 heavy (non-hydrogen) atoms. The maximum absolute atomic E-state index is 11.3. The van der Waals surface area contributed by atoms with Gasteiger partial charge in [0.05, 0.1) is 5.60 Å². The minimum absolute atomic E-state index is 0.326. The molecule has 0 heterocycles. The Balaban J connectivity index is 2.28. The molecule has 0 spiro atoms. The molecule has 1 aliphatic carbocycles. The molecule has 1 saturated carbocycles. The quantitative estimate of drug-likeness (QED) is 0.801. The highest BCUT2D eigenvalue weighted by molar-refractivity contribution is 6.17.